The average Bonchev–Trinajstić information content (AvgIpc) is 3.01. The molecule has 2 aromatic carbocycles. The van der Waals surface area contributed by atoms with E-state index in [1.54, 1.807) is 45.9 Å². The van der Waals surface area contributed by atoms with Crippen LogP contribution in [0.25, 0.3) is 11.0 Å². The fourth-order valence-electron chi connectivity index (χ4n) is 3.45. The monoisotopic (exact) mass is 380 g/mol. The second-order valence-electron chi connectivity index (χ2n) is 7.74. The summed E-state index contributed by atoms with van der Waals surface area (Å²) in [4.78, 5) is 25.6. The second kappa shape index (κ2) is 7.15. The molecular weight excluding hydrogens is 356 g/mol. The number of rotatable bonds is 5. The van der Waals surface area contributed by atoms with Crippen molar-refractivity contribution in [1.82, 2.24) is 0 Å². The number of aromatic hydroxyl groups is 1. The molecule has 146 valence electrons. The zero-order chi connectivity index (χ0) is 20.6. The van der Waals surface area contributed by atoms with Gasteiger partial charge >= 0.3 is 5.97 Å². The summed E-state index contributed by atoms with van der Waals surface area (Å²) in [6.45, 7) is 7.03. The molecule has 0 radical (unpaired) electrons. The number of ketones is 1. The van der Waals surface area contributed by atoms with Crippen molar-refractivity contribution in [2.75, 3.05) is 7.11 Å². The van der Waals surface area contributed by atoms with Gasteiger partial charge in [-0.25, -0.2) is 0 Å². The molecule has 1 heterocycles. The van der Waals surface area contributed by atoms with E-state index in [9.17, 15) is 14.7 Å². The Balaban J connectivity index is 2.17. The first-order chi connectivity index (χ1) is 13.2. The van der Waals surface area contributed by atoms with Gasteiger partial charge in [-0.1, -0.05) is 18.2 Å². The minimum absolute atomic E-state index is 0.181. The second-order valence-corrected chi connectivity index (χ2v) is 7.74. The van der Waals surface area contributed by atoms with Gasteiger partial charge in [0.1, 0.15) is 17.1 Å². The van der Waals surface area contributed by atoms with Gasteiger partial charge in [0.05, 0.1) is 18.1 Å². The van der Waals surface area contributed by atoms with Crippen molar-refractivity contribution in [3.05, 3.63) is 64.4 Å². The predicted octanol–water partition coefficient (Wildman–Crippen LogP) is 4.73. The molecule has 0 aliphatic heterocycles. The summed E-state index contributed by atoms with van der Waals surface area (Å²) in [6.07, 6.45) is 0.228. The molecule has 5 heteroatoms. The lowest BCUT2D eigenvalue weighted by atomic mass is 9.85. The minimum atomic E-state index is -0.849. The van der Waals surface area contributed by atoms with Gasteiger partial charge in [0.2, 0.25) is 0 Å². The van der Waals surface area contributed by atoms with Gasteiger partial charge < -0.3 is 14.3 Å². The van der Waals surface area contributed by atoms with E-state index in [1.807, 2.05) is 18.2 Å². The van der Waals surface area contributed by atoms with Crippen molar-refractivity contribution in [1.29, 1.82) is 0 Å². The molecule has 3 aromatic rings. The van der Waals surface area contributed by atoms with Crippen LogP contribution in [0.2, 0.25) is 0 Å². The summed E-state index contributed by atoms with van der Waals surface area (Å²) in [6, 6.07) is 10.7. The van der Waals surface area contributed by atoms with Crippen LogP contribution in [0.4, 0.5) is 0 Å². The Kier molecular flexibility index (Phi) is 5.02. The third-order valence-electron chi connectivity index (χ3n) is 4.99. The first-order valence-corrected chi connectivity index (χ1v) is 9.09. The number of benzene rings is 2. The van der Waals surface area contributed by atoms with Crippen LogP contribution in [0.15, 0.2) is 40.8 Å². The number of para-hydroxylation sites is 1. The minimum Gasteiger partial charge on any atom is -0.507 e. The molecule has 0 aliphatic rings. The van der Waals surface area contributed by atoms with E-state index in [0.29, 0.717) is 39.0 Å². The highest BCUT2D eigenvalue weighted by molar-refractivity contribution is 6.17. The quantitative estimate of drug-likeness (QED) is 0.512. The van der Waals surface area contributed by atoms with Crippen molar-refractivity contribution in [2.45, 2.75) is 34.1 Å². The number of ether oxygens (including phenoxy) is 1. The van der Waals surface area contributed by atoms with Crippen LogP contribution in [-0.4, -0.2) is 24.0 Å². The lowest BCUT2D eigenvalue weighted by Crippen LogP contribution is -2.28. The van der Waals surface area contributed by atoms with E-state index in [1.165, 1.54) is 7.11 Å². The molecule has 3 rings (SSSR count). The predicted molar refractivity (Wildman–Crippen MR) is 107 cm³/mol. The number of carbonyl (C=O) groups is 2. The van der Waals surface area contributed by atoms with Crippen LogP contribution in [-0.2, 0) is 16.0 Å². The SMILES string of the molecule is COC(=O)C(C)(C)Cc1oc2ccccc2c1C(=O)c1cc(C)c(O)c(C)c1. The van der Waals surface area contributed by atoms with Crippen molar-refractivity contribution in [3.63, 3.8) is 0 Å². The zero-order valence-corrected chi connectivity index (χ0v) is 16.8. The lowest BCUT2D eigenvalue weighted by molar-refractivity contribution is -0.150. The first-order valence-electron chi connectivity index (χ1n) is 9.09. The molecule has 0 bridgehead atoms. The van der Waals surface area contributed by atoms with E-state index in [0.717, 1.165) is 0 Å². The summed E-state index contributed by atoms with van der Waals surface area (Å²) in [5.74, 6) is 0.0557. The van der Waals surface area contributed by atoms with Crippen LogP contribution in [0.1, 0.15) is 46.7 Å². The van der Waals surface area contributed by atoms with Gasteiger partial charge in [-0.05, 0) is 57.0 Å². The third-order valence-corrected chi connectivity index (χ3v) is 4.99. The summed E-state index contributed by atoms with van der Waals surface area (Å²) in [5, 5.41) is 10.7. The summed E-state index contributed by atoms with van der Waals surface area (Å²) >= 11 is 0. The Bertz CT molecular complexity index is 1050. The molecular formula is C23H24O5. The fraction of sp³-hybridized carbons (Fsp3) is 0.304. The standard InChI is InChI=1S/C23H24O5/c1-13-10-15(11-14(2)20(13)24)21(25)19-16-8-6-7-9-17(16)28-18(19)12-23(3,4)22(26)27-5/h6-11,24H,12H2,1-5H3. The topological polar surface area (TPSA) is 76.7 Å². The molecule has 0 fully saturated rings. The van der Waals surface area contributed by atoms with Gasteiger partial charge in [0.25, 0.3) is 0 Å². The highest BCUT2D eigenvalue weighted by Gasteiger charge is 2.33. The third kappa shape index (κ3) is 3.40. The van der Waals surface area contributed by atoms with E-state index in [-0.39, 0.29) is 23.9 Å². The molecule has 0 amide bonds. The van der Waals surface area contributed by atoms with Crippen LogP contribution in [0, 0.1) is 19.3 Å². The number of hydrogen-bond donors (Lipinski definition) is 1. The van der Waals surface area contributed by atoms with Crippen LogP contribution < -0.4 is 0 Å². The Morgan fingerprint density at radius 3 is 2.32 bits per heavy atom. The maximum absolute atomic E-state index is 13.4. The summed E-state index contributed by atoms with van der Waals surface area (Å²) in [5.41, 5.74) is 1.92. The zero-order valence-electron chi connectivity index (χ0n) is 16.8. The fourth-order valence-corrected chi connectivity index (χ4v) is 3.45. The Morgan fingerprint density at radius 1 is 1.11 bits per heavy atom. The average molecular weight is 380 g/mol. The van der Waals surface area contributed by atoms with Crippen molar-refractivity contribution in [3.8, 4) is 5.75 Å². The van der Waals surface area contributed by atoms with Gasteiger partial charge in [-0.15, -0.1) is 0 Å². The highest BCUT2D eigenvalue weighted by atomic mass is 16.5. The lowest BCUT2D eigenvalue weighted by Gasteiger charge is -2.20. The van der Waals surface area contributed by atoms with E-state index in [2.05, 4.69) is 0 Å². The number of furan rings is 1. The number of aryl methyl sites for hydroxylation is 2. The number of carbonyl (C=O) groups excluding carboxylic acids is 2. The largest absolute Gasteiger partial charge is 0.507 e. The summed E-state index contributed by atoms with van der Waals surface area (Å²) < 4.78 is 10.9. The smallest absolute Gasteiger partial charge is 0.311 e. The van der Waals surface area contributed by atoms with Crippen LogP contribution in [0.5, 0.6) is 5.75 Å². The van der Waals surface area contributed by atoms with E-state index in [4.69, 9.17) is 9.15 Å². The number of esters is 1. The van der Waals surface area contributed by atoms with E-state index < -0.39 is 5.41 Å². The maximum Gasteiger partial charge on any atom is 0.311 e. The number of hydrogen-bond acceptors (Lipinski definition) is 5. The van der Waals surface area contributed by atoms with Gasteiger partial charge in [0.15, 0.2) is 5.78 Å². The molecule has 0 aliphatic carbocycles. The Hall–Kier alpha value is -3.08. The van der Waals surface area contributed by atoms with Crippen LogP contribution in [0.3, 0.4) is 0 Å². The number of methoxy groups -OCH3 is 1. The molecule has 0 atom stereocenters. The molecule has 1 N–H and O–H groups in total. The molecule has 1 aromatic heterocycles. The Labute approximate surface area is 163 Å². The van der Waals surface area contributed by atoms with Crippen LogP contribution >= 0.6 is 0 Å². The summed E-state index contributed by atoms with van der Waals surface area (Å²) in [7, 11) is 1.34. The molecule has 5 nitrogen and oxygen atoms in total. The molecule has 0 saturated heterocycles. The molecule has 0 unspecified atom stereocenters. The molecule has 0 saturated carbocycles. The first kappa shape index (κ1) is 19.7. The van der Waals surface area contributed by atoms with Gasteiger partial charge in [-0.2, -0.15) is 0 Å². The number of phenolic OH excluding ortho intramolecular Hbond substituents is 1. The number of fused-ring (bicyclic) bond motifs is 1. The number of phenols is 1. The highest BCUT2D eigenvalue weighted by Crippen LogP contribution is 2.34. The van der Waals surface area contributed by atoms with Gasteiger partial charge in [0, 0.05) is 17.4 Å². The van der Waals surface area contributed by atoms with Crippen molar-refractivity contribution < 1.29 is 23.8 Å². The normalized spacial score (nSPS) is 11.6. The molecule has 28 heavy (non-hydrogen) atoms. The Morgan fingerprint density at radius 2 is 1.71 bits per heavy atom. The van der Waals surface area contributed by atoms with Crippen molar-refractivity contribution >= 4 is 22.7 Å². The van der Waals surface area contributed by atoms with Crippen molar-refractivity contribution in [2.24, 2.45) is 5.41 Å². The van der Waals surface area contributed by atoms with Gasteiger partial charge in [-0.3, -0.25) is 9.59 Å². The molecule has 0 spiro atoms. The maximum atomic E-state index is 13.4. The van der Waals surface area contributed by atoms with E-state index >= 15 is 0 Å².